The molecule has 0 fully saturated rings. The Kier molecular flexibility index (Phi) is 2.48. The summed E-state index contributed by atoms with van der Waals surface area (Å²) >= 11 is 0. The number of fused-ring (bicyclic) bond motifs is 1. The first-order valence-electron chi connectivity index (χ1n) is 4.70. The molecular formula is C12H10O4. The van der Waals surface area contributed by atoms with E-state index in [4.69, 9.17) is 9.47 Å². The van der Waals surface area contributed by atoms with Crippen molar-refractivity contribution in [3.8, 4) is 5.75 Å². The summed E-state index contributed by atoms with van der Waals surface area (Å²) in [5.41, 5.74) is 0.625. The van der Waals surface area contributed by atoms with Gasteiger partial charge in [0.1, 0.15) is 5.75 Å². The second kappa shape index (κ2) is 3.81. The molecule has 1 aliphatic rings. The molecule has 0 atom stereocenters. The average molecular weight is 218 g/mol. The lowest BCUT2D eigenvalue weighted by atomic mass is 9.93. The Bertz CT molecular complexity index is 500. The molecule has 0 unspecified atom stereocenters. The van der Waals surface area contributed by atoms with Gasteiger partial charge >= 0.3 is 0 Å². The molecule has 0 saturated carbocycles. The average Bonchev–Trinajstić information content (AvgIpc) is 2.32. The Labute approximate surface area is 92.5 Å². The lowest BCUT2D eigenvalue weighted by Gasteiger charge is -2.16. The molecule has 0 N–H and O–H groups in total. The van der Waals surface area contributed by atoms with E-state index in [0.29, 0.717) is 11.3 Å². The number of methoxy groups -OCH3 is 2. The van der Waals surface area contributed by atoms with Crippen LogP contribution >= 0.6 is 0 Å². The second-order valence-corrected chi connectivity index (χ2v) is 3.29. The fraction of sp³-hybridized carbons (Fsp3) is 0.167. The molecule has 0 spiro atoms. The molecule has 4 nitrogen and oxygen atoms in total. The second-order valence-electron chi connectivity index (χ2n) is 3.29. The molecule has 2 rings (SSSR count). The summed E-state index contributed by atoms with van der Waals surface area (Å²) in [5, 5.41) is 0. The van der Waals surface area contributed by atoms with Gasteiger partial charge in [-0.2, -0.15) is 0 Å². The maximum absolute atomic E-state index is 11.9. The van der Waals surface area contributed by atoms with Crippen LogP contribution in [0.5, 0.6) is 5.75 Å². The first-order chi connectivity index (χ1) is 7.69. The van der Waals surface area contributed by atoms with Crippen LogP contribution in [0.2, 0.25) is 0 Å². The number of allylic oxidation sites excluding steroid dienone is 2. The molecule has 0 aromatic heterocycles. The van der Waals surface area contributed by atoms with E-state index in [1.807, 2.05) is 0 Å². The van der Waals surface area contributed by atoms with Crippen molar-refractivity contribution in [2.45, 2.75) is 0 Å². The zero-order valence-electron chi connectivity index (χ0n) is 8.94. The van der Waals surface area contributed by atoms with Crippen LogP contribution in [0, 0.1) is 0 Å². The zero-order valence-corrected chi connectivity index (χ0v) is 8.94. The molecule has 0 radical (unpaired) electrons. The third-order valence-electron chi connectivity index (χ3n) is 2.44. The van der Waals surface area contributed by atoms with Crippen LogP contribution in [0.15, 0.2) is 30.0 Å². The highest BCUT2D eigenvalue weighted by atomic mass is 16.5. The molecule has 4 heteroatoms. The SMILES string of the molecule is COC1=CC(=O)c2cccc(OC)c2C1=O. The molecule has 0 heterocycles. The number of hydrogen-bond donors (Lipinski definition) is 0. The Balaban J connectivity index is 2.66. The van der Waals surface area contributed by atoms with Crippen molar-refractivity contribution in [3.63, 3.8) is 0 Å². The molecule has 16 heavy (non-hydrogen) atoms. The third kappa shape index (κ3) is 1.39. The van der Waals surface area contributed by atoms with Gasteiger partial charge in [0.2, 0.25) is 5.78 Å². The quantitative estimate of drug-likeness (QED) is 0.756. The number of Topliss-reactive ketones (excluding diaryl/α,β-unsaturated/α-hetero) is 1. The highest BCUT2D eigenvalue weighted by Crippen LogP contribution is 2.29. The number of benzene rings is 1. The molecule has 1 aromatic rings. The van der Waals surface area contributed by atoms with E-state index in [-0.39, 0.29) is 22.9 Å². The van der Waals surface area contributed by atoms with Crippen molar-refractivity contribution in [1.82, 2.24) is 0 Å². The summed E-state index contributed by atoms with van der Waals surface area (Å²) < 4.78 is 9.93. The number of ketones is 2. The van der Waals surface area contributed by atoms with Crippen LogP contribution in [0.25, 0.3) is 0 Å². The van der Waals surface area contributed by atoms with E-state index in [9.17, 15) is 9.59 Å². The minimum atomic E-state index is -0.324. The van der Waals surface area contributed by atoms with E-state index < -0.39 is 0 Å². The molecule has 0 aliphatic heterocycles. The monoisotopic (exact) mass is 218 g/mol. The number of hydrogen-bond acceptors (Lipinski definition) is 4. The van der Waals surface area contributed by atoms with Gasteiger partial charge in [-0.25, -0.2) is 0 Å². The van der Waals surface area contributed by atoms with Crippen LogP contribution in [0.3, 0.4) is 0 Å². The first kappa shape index (κ1) is 10.4. The highest BCUT2D eigenvalue weighted by molar-refractivity contribution is 6.24. The predicted molar refractivity (Wildman–Crippen MR) is 56.7 cm³/mol. The predicted octanol–water partition coefficient (Wildman–Crippen LogP) is 1.60. The summed E-state index contributed by atoms with van der Waals surface area (Å²) in [5.74, 6) is -0.139. The molecule has 82 valence electrons. The van der Waals surface area contributed by atoms with Gasteiger partial charge in [0, 0.05) is 11.6 Å². The van der Waals surface area contributed by atoms with Crippen LogP contribution in [-0.2, 0) is 4.74 Å². The van der Waals surface area contributed by atoms with E-state index >= 15 is 0 Å². The van der Waals surface area contributed by atoms with Gasteiger partial charge in [0.05, 0.1) is 19.8 Å². The normalized spacial score (nSPS) is 14.2. The highest BCUT2D eigenvalue weighted by Gasteiger charge is 2.29. The fourth-order valence-corrected chi connectivity index (χ4v) is 1.68. The standard InChI is InChI=1S/C12H10O4/c1-15-9-5-3-4-7-8(13)6-10(16-2)12(14)11(7)9/h3-6H,1-2H3. The number of carbonyl (C=O) groups is 2. The van der Waals surface area contributed by atoms with Gasteiger partial charge in [0.25, 0.3) is 0 Å². The summed E-state index contributed by atoms with van der Waals surface area (Å²) in [4.78, 5) is 23.7. The Hall–Kier alpha value is -2.10. The van der Waals surface area contributed by atoms with Gasteiger partial charge < -0.3 is 9.47 Å². The number of ether oxygens (including phenoxy) is 2. The van der Waals surface area contributed by atoms with Gasteiger partial charge in [0.15, 0.2) is 11.5 Å². The van der Waals surface area contributed by atoms with E-state index in [1.165, 1.54) is 20.3 Å². The van der Waals surface area contributed by atoms with E-state index in [0.717, 1.165) is 0 Å². The van der Waals surface area contributed by atoms with Crippen LogP contribution in [0.4, 0.5) is 0 Å². The van der Waals surface area contributed by atoms with Crippen molar-refractivity contribution in [1.29, 1.82) is 0 Å². The van der Waals surface area contributed by atoms with Crippen molar-refractivity contribution in [2.24, 2.45) is 0 Å². The van der Waals surface area contributed by atoms with Gasteiger partial charge in [-0.05, 0) is 6.07 Å². The van der Waals surface area contributed by atoms with Crippen molar-refractivity contribution in [3.05, 3.63) is 41.2 Å². The Morgan fingerprint density at radius 3 is 2.44 bits per heavy atom. The summed E-state index contributed by atoms with van der Waals surface area (Å²) in [6.45, 7) is 0. The molecule has 1 aromatic carbocycles. The largest absolute Gasteiger partial charge is 0.496 e. The third-order valence-corrected chi connectivity index (χ3v) is 2.44. The van der Waals surface area contributed by atoms with Crippen molar-refractivity contribution < 1.29 is 19.1 Å². The minimum Gasteiger partial charge on any atom is -0.496 e. The molecule has 0 bridgehead atoms. The first-order valence-corrected chi connectivity index (χ1v) is 4.70. The van der Waals surface area contributed by atoms with Crippen LogP contribution in [0.1, 0.15) is 20.7 Å². The molecule has 0 saturated heterocycles. The lowest BCUT2D eigenvalue weighted by Crippen LogP contribution is -2.18. The van der Waals surface area contributed by atoms with Crippen LogP contribution in [-0.4, -0.2) is 25.8 Å². The number of carbonyl (C=O) groups excluding carboxylic acids is 2. The summed E-state index contributed by atoms with van der Waals surface area (Å²) in [6.07, 6.45) is 1.20. The van der Waals surface area contributed by atoms with E-state index in [1.54, 1.807) is 18.2 Å². The van der Waals surface area contributed by atoms with Crippen LogP contribution < -0.4 is 4.74 Å². The zero-order chi connectivity index (χ0) is 11.7. The number of rotatable bonds is 2. The van der Waals surface area contributed by atoms with Gasteiger partial charge in [-0.1, -0.05) is 12.1 Å². The molecule has 0 amide bonds. The Morgan fingerprint density at radius 2 is 1.81 bits per heavy atom. The molecule has 1 aliphatic carbocycles. The van der Waals surface area contributed by atoms with Crippen molar-refractivity contribution >= 4 is 11.6 Å². The maximum Gasteiger partial charge on any atom is 0.232 e. The fourth-order valence-electron chi connectivity index (χ4n) is 1.68. The minimum absolute atomic E-state index is 0.0435. The van der Waals surface area contributed by atoms with E-state index in [2.05, 4.69) is 0 Å². The topological polar surface area (TPSA) is 52.6 Å². The summed E-state index contributed by atoms with van der Waals surface area (Å²) in [7, 11) is 2.82. The molecular weight excluding hydrogens is 208 g/mol. The maximum atomic E-state index is 11.9. The lowest BCUT2D eigenvalue weighted by molar-refractivity contribution is 0.0913. The Morgan fingerprint density at radius 1 is 1.06 bits per heavy atom. The van der Waals surface area contributed by atoms with Gasteiger partial charge in [-0.15, -0.1) is 0 Å². The smallest absolute Gasteiger partial charge is 0.232 e. The van der Waals surface area contributed by atoms with Gasteiger partial charge in [-0.3, -0.25) is 9.59 Å². The summed E-state index contributed by atoms with van der Waals surface area (Å²) in [6, 6.07) is 4.91. The van der Waals surface area contributed by atoms with Crippen molar-refractivity contribution in [2.75, 3.05) is 14.2 Å².